The topological polar surface area (TPSA) is 33.0 Å². The van der Waals surface area contributed by atoms with Crippen molar-refractivity contribution in [1.82, 2.24) is 0 Å². The molecular formula is C12H15NO. The molecule has 2 heteroatoms. The van der Waals surface area contributed by atoms with Crippen molar-refractivity contribution < 1.29 is 4.74 Å². The summed E-state index contributed by atoms with van der Waals surface area (Å²) < 4.78 is 5.22. The van der Waals surface area contributed by atoms with Crippen molar-refractivity contribution in [3.05, 3.63) is 36.0 Å². The summed E-state index contributed by atoms with van der Waals surface area (Å²) in [5, 5.41) is 8.58. The van der Waals surface area contributed by atoms with E-state index in [1.54, 1.807) is 7.11 Å². The molecule has 1 rings (SSSR count). The monoisotopic (exact) mass is 189 g/mol. The number of hydrogen-bond acceptors (Lipinski definition) is 2. The average molecular weight is 189 g/mol. The Morgan fingerprint density at radius 2 is 2.36 bits per heavy atom. The van der Waals surface area contributed by atoms with Gasteiger partial charge in [0.15, 0.2) is 0 Å². The summed E-state index contributed by atoms with van der Waals surface area (Å²) in [5.74, 6) is 0. The lowest BCUT2D eigenvalue weighted by Crippen LogP contribution is -2.10. The highest BCUT2D eigenvalue weighted by Crippen LogP contribution is 2.16. The molecule has 0 radical (unpaired) electrons. The van der Waals surface area contributed by atoms with Crippen LogP contribution in [0.5, 0.6) is 0 Å². The van der Waals surface area contributed by atoms with E-state index in [0.717, 1.165) is 12.8 Å². The minimum absolute atomic E-state index is 0.0335. The molecule has 0 N–H and O–H groups in total. The summed E-state index contributed by atoms with van der Waals surface area (Å²) >= 11 is 0. The van der Waals surface area contributed by atoms with Crippen molar-refractivity contribution >= 4 is 0 Å². The third kappa shape index (κ3) is 3.59. The van der Waals surface area contributed by atoms with Crippen LogP contribution in [-0.4, -0.2) is 13.2 Å². The maximum atomic E-state index is 8.58. The molecule has 1 unspecified atom stereocenters. The summed E-state index contributed by atoms with van der Waals surface area (Å²) in [7, 11) is 1.66. The van der Waals surface area contributed by atoms with E-state index in [1.165, 1.54) is 5.57 Å². The van der Waals surface area contributed by atoms with E-state index in [1.807, 2.05) is 18.2 Å². The number of rotatable bonds is 4. The van der Waals surface area contributed by atoms with Gasteiger partial charge in [-0.05, 0) is 12.8 Å². The third-order valence-corrected chi connectivity index (χ3v) is 2.21. The number of nitriles is 1. The molecule has 14 heavy (non-hydrogen) atoms. The fraction of sp³-hybridized carbons (Fsp3) is 0.417. The summed E-state index contributed by atoms with van der Waals surface area (Å²) in [6, 6.07) is 2.14. The Balaban J connectivity index is 2.50. The van der Waals surface area contributed by atoms with Crippen LogP contribution in [0, 0.1) is 11.3 Å². The van der Waals surface area contributed by atoms with Crippen LogP contribution in [0.25, 0.3) is 0 Å². The molecule has 1 atom stereocenters. The molecule has 0 aromatic carbocycles. The first-order valence-corrected chi connectivity index (χ1v) is 4.77. The highest BCUT2D eigenvalue weighted by Gasteiger charge is 2.08. The van der Waals surface area contributed by atoms with E-state index < -0.39 is 0 Å². The Kier molecular flexibility index (Phi) is 4.74. The number of ether oxygens (including phenoxy) is 1. The molecule has 0 amide bonds. The van der Waals surface area contributed by atoms with E-state index in [9.17, 15) is 0 Å². The Morgan fingerprint density at radius 3 is 3.07 bits per heavy atom. The molecule has 0 aromatic heterocycles. The zero-order chi connectivity index (χ0) is 10.2. The number of hydrogen-bond donors (Lipinski definition) is 0. The number of methoxy groups -OCH3 is 1. The van der Waals surface area contributed by atoms with Crippen LogP contribution in [-0.2, 0) is 4.74 Å². The van der Waals surface area contributed by atoms with Crippen LogP contribution in [0.15, 0.2) is 36.0 Å². The van der Waals surface area contributed by atoms with Gasteiger partial charge in [-0.1, -0.05) is 36.0 Å². The first kappa shape index (κ1) is 10.7. The lowest BCUT2D eigenvalue weighted by Gasteiger charge is -2.12. The predicted molar refractivity (Wildman–Crippen MR) is 56.6 cm³/mol. The number of nitrogens with zero attached hydrogens (tertiary/aromatic N) is 1. The summed E-state index contributed by atoms with van der Waals surface area (Å²) in [6.07, 6.45) is 12.6. The van der Waals surface area contributed by atoms with Gasteiger partial charge in [-0.15, -0.1) is 0 Å². The van der Waals surface area contributed by atoms with Crippen LogP contribution in [0.3, 0.4) is 0 Å². The van der Waals surface area contributed by atoms with Crippen LogP contribution < -0.4 is 0 Å². The van der Waals surface area contributed by atoms with Crippen molar-refractivity contribution in [3.63, 3.8) is 0 Å². The molecule has 0 aromatic rings. The van der Waals surface area contributed by atoms with E-state index in [0.29, 0.717) is 6.42 Å². The Bertz CT molecular complexity index is 294. The van der Waals surface area contributed by atoms with Gasteiger partial charge in [-0.3, -0.25) is 0 Å². The second-order valence-electron chi connectivity index (χ2n) is 3.27. The molecular weight excluding hydrogens is 174 g/mol. The van der Waals surface area contributed by atoms with Gasteiger partial charge in [-0.2, -0.15) is 5.26 Å². The zero-order valence-electron chi connectivity index (χ0n) is 8.44. The quantitative estimate of drug-likeness (QED) is 0.681. The SMILES string of the molecule is COC(CC#N)CC1=CC=CC=CC1. The molecule has 0 heterocycles. The second kappa shape index (κ2) is 6.17. The minimum atomic E-state index is 0.0335. The average Bonchev–Trinajstić information content (AvgIpc) is 2.45. The zero-order valence-corrected chi connectivity index (χ0v) is 8.44. The third-order valence-electron chi connectivity index (χ3n) is 2.21. The van der Waals surface area contributed by atoms with Crippen molar-refractivity contribution in [2.45, 2.75) is 25.4 Å². The normalized spacial score (nSPS) is 17.0. The molecule has 2 nitrogen and oxygen atoms in total. The van der Waals surface area contributed by atoms with E-state index in [2.05, 4.69) is 18.2 Å². The second-order valence-corrected chi connectivity index (χ2v) is 3.27. The molecule has 0 bridgehead atoms. The fourth-order valence-electron chi connectivity index (χ4n) is 1.41. The van der Waals surface area contributed by atoms with E-state index >= 15 is 0 Å². The van der Waals surface area contributed by atoms with E-state index in [4.69, 9.17) is 10.00 Å². The van der Waals surface area contributed by atoms with Gasteiger partial charge in [-0.25, -0.2) is 0 Å². The highest BCUT2D eigenvalue weighted by molar-refractivity contribution is 5.23. The fourth-order valence-corrected chi connectivity index (χ4v) is 1.41. The molecule has 1 aliphatic carbocycles. The van der Waals surface area contributed by atoms with Crippen molar-refractivity contribution in [3.8, 4) is 6.07 Å². The molecule has 0 spiro atoms. The van der Waals surface area contributed by atoms with Gasteiger partial charge >= 0.3 is 0 Å². The number of allylic oxidation sites excluding steroid dienone is 5. The van der Waals surface area contributed by atoms with Gasteiger partial charge < -0.3 is 4.74 Å². The molecule has 0 saturated carbocycles. The van der Waals surface area contributed by atoms with Crippen LogP contribution >= 0.6 is 0 Å². The molecule has 1 aliphatic rings. The van der Waals surface area contributed by atoms with E-state index in [-0.39, 0.29) is 6.10 Å². The Labute approximate surface area is 85.2 Å². The largest absolute Gasteiger partial charge is 0.380 e. The van der Waals surface area contributed by atoms with Crippen molar-refractivity contribution in [1.29, 1.82) is 5.26 Å². The smallest absolute Gasteiger partial charge is 0.0738 e. The lowest BCUT2D eigenvalue weighted by atomic mass is 10.0. The first-order chi connectivity index (χ1) is 6.86. The van der Waals surface area contributed by atoms with Crippen molar-refractivity contribution in [2.24, 2.45) is 0 Å². The van der Waals surface area contributed by atoms with Crippen molar-refractivity contribution in [2.75, 3.05) is 7.11 Å². The van der Waals surface area contributed by atoms with Crippen LogP contribution in [0.4, 0.5) is 0 Å². The van der Waals surface area contributed by atoms with Crippen LogP contribution in [0.1, 0.15) is 19.3 Å². The van der Waals surface area contributed by atoms with Gasteiger partial charge in [0.2, 0.25) is 0 Å². The molecule has 0 fully saturated rings. The summed E-state index contributed by atoms with van der Waals surface area (Å²) in [4.78, 5) is 0. The summed E-state index contributed by atoms with van der Waals surface area (Å²) in [5.41, 5.74) is 1.32. The Hall–Kier alpha value is -1.33. The summed E-state index contributed by atoms with van der Waals surface area (Å²) in [6.45, 7) is 0. The van der Waals surface area contributed by atoms with Gasteiger partial charge in [0, 0.05) is 7.11 Å². The predicted octanol–water partition coefficient (Wildman–Crippen LogP) is 2.75. The first-order valence-electron chi connectivity index (χ1n) is 4.77. The Morgan fingerprint density at radius 1 is 1.50 bits per heavy atom. The lowest BCUT2D eigenvalue weighted by molar-refractivity contribution is 0.106. The van der Waals surface area contributed by atoms with Gasteiger partial charge in [0.1, 0.15) is 0 Å². The van der Waals surface area contributed by atoms with Gasteiger partial charge in [0.25, 0.3) is 0 Å². The minimum Gasteiger partial charge on any atom is -0.380 e. The van der Waals surface area contributed by atoms with Gasteiger partial charge in [0.05, 0.1) is 18.6 Å². The highest BCUT2D eigenvalue weighted by atomic mass is 16.5. The maximum absolute atomic E-state index is 8.58. The van der Waals surface area contributed by atoms with Crippen LogP contribution in [0.2, 0.25) is 0 Å². The standard InChI is InChI=1S/C12H15NO/c1-14-12(8-9-13)10-11-6-4-2-3-5-7-11/h2-6,12H,7-8,10H2,1H3. The maximum Gasteiger partial charge on any atom is 0.0738 e. The molecule has 0 aliphatic heterocycles. The molecule has 0 saturated heterocycles. The molecule has 74 valence electrons.